The minimum Gasteiger partial charge on any atom is -0.325 e. The Hall–Kier alpha value is -3.02. The zero-order valence-electron chi connectivity index (χ0n) is 13.5. The molecular formula is C18H18N2O4. The van der Waals surface area contributed by atoms with E-state index < -0.39 is 0 Å². The first kappa shape index (κ1) is 17.3. The molecule has 0 spiro atoms. The van der Waals surface area contributed by atoms with E-state index in [2.05, 4.69) is 10.6 Å². The molecule has 0 saturated heterocycles. The van der Waals surface area contributed by atoms with Crippen molar-refractivity contribution in [2.45, 2.75) is 26.7 Å². The lowest BCUT2D eigenvalue weighted by atomic mass is 10.1. The van der Waals surface area contributed by atoms with Gasteiger partial charge in [0.05, 0.1) is 12.8 Å². The number of carbonyl (C=O) groups excluding carboxylic acids is 4. The summed E-state index contributed by atoms with van der Waals surface area (Å²) in [4.78, 5) is 45.7. The van der Waals surface area contributed by atoms with Crippen LogP contribution in [0.2, 0.25) is 0 Å². The van der Waals surface area contributed by atoms with Crippen molar-refractivity contribution in [2.24, 2.45) is 0 Å². The van der Waals surface area contributed by atoms with Gasteiger partial charge in [-0.2, -0.15) is 0 Å². The third-order valence-electron chi connectivity index (χ3n) is 3.29. The topological polar surface area (TPSA) is 92.3 Å². The smallest absolute Gasteiger partial charge is 0.231 e. The number of anilines is 2. The van der Waals surface area contributed by atoms with E-state index in [1.165, 1.54) is 13.8 Å². The molecule has 0 aliphatic heterocycles. The summed E-state index contributed by atoms with van der Waals surface area (Å²) < 4.78 is 0. The van der Waals surface area contributed by atoms with Gasteiger partial charge < -0.3 is 10.6 Å². The van der Waals surface area contributed by atoms with Gasteiger partial charge in [-0.25, -0.2) is 0 Å². The van der Waals surface area contributed by atoms with Crippen LogP contribution in [0.25, 0.3) is 10.8 Å². The Balaban J connectivity index is 2.32. The zero-order valence-corrected chi connectivity index (χ0v) is 13.5. The van der Waals surface area contributed by atoms with Gasteiger partial charge in [-0.3, -0.25) is 19.2 Å². The molecule has 2 N–H and O–H groups in total. The van der Waals surface area contributed by atoms with Crippen LogP contribution in [0.1, 0.15) is 26.7 Å². The number of Topliss-reactive ketones (excluding diaryl/α,β-unsaturated/α-hetero) is 2. The molecule has 0 aliphatic carbocycles. The predicted molar refractivity (Wildman–Crippen MR) is 91.8 cm³/mol. The maximum atomic E-state index is 11.8. The fraction of sp³-hybridized carbons (Fsp3) is 0.222. The highest BCUT2D eigenvalue weighted by atomic mass is 16.2. The van der Waals surface area contributed by atoms with Crippen LogP contribution in [0.15, 0.2) is 36.4 Å². The lowest BCUT2D eigenvalue weighted by Gasteiger charge is -2.13. The summed E-state index contributed by atoms with van der Waals surface area (Å²) in [5, 5.41) is 6.87. The average molecular weight is 326 g/mol. The van der Waals surface area contributed by atoms with Crippen molar-refractivity contribution in [3.05, 3.63) is 36.4 Å². The summed E-state index contributed by atoms with van der Waals surface area (Å²) in [6, 6.07) is 10.5. The second-order valence-corrected chi connectivity index (χ2v) is 5.56. The highest BCUT2D eigenvalue weighted by molar-refractivity contribution is 6.13. The number of rotatable bonds is 6. The van der Waals surface area contributed by atoms with Gasteiger partial charge in [-0.05, 0) is 26.0 Å². The molecule has 6 nitrogen and oxygen atoms in total. The SMILES string of the molecule is CC(=O)CC(=O)Nc1ccc(NC(=O)CC(C)=O)c2ccccc12. The van der Waals surface area contributed by atoms with Crippen molar-refractivity contribution in [1.29, 1.82) is 0 Å². The lowest BCUT2D eigenvalue weighted by Crippen LogP contribution is -2.16. The Morgan fingerprint density at radius 2 is 1.08 bits per heavy atom. The molecule has 2 aromatic carbocycles. The maximum absolute atomic E-state index is 11.8. The largest absolute Gasteiger partial charge is 0.325 e. The average Bonchev–Trinajstić information content (AvgIpc) is 2.48. The van der Waals surface area contributed by atoms with Gasteiger partial charge in [0.15, 0.2) is 0 Å². The minimum absolute atomic E-state index is 0.189. The number of hydrogen-bond donors (Lipinski definition) is 2. The van der Waals surface area contributed by atoms with Crippen LogP contribution in [-0.4, -0.2) is 23.4 Å². The van der Waals surface area contributed by atoms with Crippen LogP contribution in [0.3, 0.4) is 0 Å². The van der Waals surface area contributed by atoms with Crippen molar-refractivity contribution in [1.82, 2.24) is 0 Å². The molecule has 6 heteroatoms. The highest BCUT2D eigenvalue weighted by Crippen LogP contribution is 2.30. The number of nitrogens with one attached hydrogen (secondary N) is 2. The van der Waals surface area contributed by atoms with Gasteiger partial charge in [0, 0.05) is 22.1 Å². The first-order valence-corrected chi connectivity index (χ1v) is 7.47. The molecule has 0 atom stereocenters. The van der Waals surface area contributed by atoms with Crippen LogP contribution in [0, 0.1) is 0 Å². The summed E-state index contributed by atoms with van der Waals surface area (Å²) in [7, 11) is 0. The maximum Gasteiger partial charge on any atom is 0.231 e. The van der Waals surface area contributed by atoms with E-state index in [0.29, 0.717) is 11.4 Å². The van der Waals surface area contributed by atoms with Gasteiger partial charge in [0.1, 0.15) is 11.6 Å². The Morgan fingerprint density at radius 3 is 1.42 bits per heavy atom. The molecule has 0 fully saturated rings. The van der Waals surface area contributed by atoms with Gasteiger partial charge in [0.2, 0.25) is 11.8 Å². The number of ketones is 2. The molecule has 2 amide bonds. The molecule has 2 aromatic rings. The van der Waals surface area contributed by atoms with E-state index in [1.807, 2.05) is 12.1 Å². The standard InChI is InChI=1S/C18H18N2O4/c1-11(21)9-17(23)19-15-7-8-16(20-18(24)10-12(2)22)14-6-4-3-5-13(14)15/h3-8H,9-10H2,1-2H3,(H,19,23)(H,20,24). The lowest BCUT2D eigenvalue weighted by molar-refractivity contribution is -0.125. The Labute approximate surface area is 139 Å². The summed E-state index contributed by atoms with van der Waals surface area (Å²) >= 11 is 0. The normalized spacial score (nSPS) is 10.2. The minimum atomic E-state index is -0.388. The second-order valence-electron chi connectivity index (χ2n) is 5.56. The van der Waals surface area contributed by atoms with Crippen LogP contribution < -0.4 is 10.6 Å². The molecule has 0 aliphatic rings. The van der Waals surface area contributed by atoms with Gasteiger partial charge in [-0.15, -0.1) is 0 Å². The molecule has 124 valence electrons. The van der Waals surface area contributed by atoms with E-state index in [-0.39, 0.29) is 36.2 Å². The molecule has 0 bridgehead atoms. The molecule has 0 unspecified atom stereocenters. The first-order valence-electron chi connectivity index (χ1n) is 7.47. The van der Waals surface area contributed by atoms with E-state index in [0.717, 1.165) is 10.8 Å². The van der Waals surface area contributed by atoms with Crippen LogP contribution in [-0.2, 0) is 19.2 Å². The van der Waals surface area contributed by atoms with Gasteiger partial charge >= 0.3 is 0 Å². The van der Waals surface area contributed by atoms with E-state index in [4.69, 9.17) is 0 Å². The quantitative estimate of drug-likeness (QED) is 0.798. The molecular weight excluding hydrogens is 308 g/mol. The second kappa shape index (κ2) is 7.50. The van der Waals surface area contributed by atoms with Crippen molar-refractivity contribution in [3.63, 3.8) is 0 Å². The molecule has 0 aromatic heterocycles. The molecule has 0 radical (unpaired) electrons. The summed E-state index contributed by atoms with van der Waals surface area (Å²) in [6.45, 7) is 2.71. The Bertz CT molecular complexity index is 758. The van der Waals surface area contributed by atoms with Crippen molar-refractivity contribution < 1.29 is 19.2 Å². The fourth-order valence-corrected chi connectivity index (χ4v) is 2.36. The number of carbonyl (C=O) groups is 4. The van der Waals surface area contributed by atoms with Crippen molar-refractivity contribution >= 4 is 45.5 Å². The molecule has 0 heterocycles. The van der Waals surface area contributed by atoms with E-state index >= 15 is 0 Å². The molecule has 0 saturated carbocycles. The number of fused-ring (bicyclic) bond motifs is 1. The third kappa shape index (κ3) is 4.49. The predicted octanol–water partition coefficient (Wildman–Crippen LogP) is 2.68. The van der Waals surface area contributed by atoms with E-state index in [1.54, 1.807) is 24.3 Å². The summed E-state index contributed by atoms with van der Waals surface area (Å²) in [5.41, 5.74) is 1.11. The monoisotopic (exact) mass is 326 g/mol. The zero-order chi connectivity index (χ0) is 17.7. The Morgan fingerprint density at radius 1 is 0.708 bits per heavy atom. The molecule has 24 heavy (non-hydrogen) atoms. The van der Waals surface area contributed by atoms with Gasteiger partial charge in [-0.1, -0.05) is 24.3 Å². The summed E-state index contributed by atoms with van der Waals surface area (Å²) in [6.07, 6.45) is -0.378. The number of benzene rings is 2. The van der Waals surface area contributed by atoms with Crippen LogP contribution >= 0.6 is 0 Å². The van der Waals surface area contributed by atoms with Crippen molar-refractivity contribution in [3.8, 4) is 0 Å². The Kier molecular flexibility index (Phi) is 5.42. The first-order chi connectivity index (χ1) is 11.4. The highest BCUT2D eigenvalue weighted by Gasteiger charge is 2.12. The number of amides is 2. The summed E-state index contributed by atoms with van der Waals surface area (Å²) in [5.74, 6) is -1.21. The number of hydrogen-bond acceptors (Lipinski definition) is 4. The van der Waals surface area contributed by atoms with Gasteiger partial charge in [0.25, 0.3) is 0 Å². The fourth-order valence-electron chi connectivity index (χ4n) is 2.36. The third-order valence-corrected chi connectivity index (χ3v) is 3.29. The molecule has 2 rings (SSSR count). The van der Waals surface area contributed by atoms with Crippen molar-refractivity contribution in [2.75, 3.05) is 10.6 Å². The van der Waals surface area contributed by atoms with E-state index in [9.17, 15) is 19.2 Å². The van der Waals surface area contributed by atoms with Crippen LogP contribution in [0.4, 0.5) is 11.4 Å². The van der Waals surface area contributed by atoms with Crippen LogP contribution in [0.5, 0.6) is 0 Å².